The van der Waals surface area contributed by atoms with Gasteiger partial charge in [0.15, 0.2) is 0 Å². The lowest BCUT2D eigenvalue weighted by Gasteiger charge is -2.19. The zero-order valence-electron chi connectivity index (χ0n) is 18.6. The number of aromatic nitrogens is 1. The Labute approximate surface area is 194 Å². The van der Waals surface area contributed by atoms with Gasteiger partial charge in [0.25, 0.3) is 11.5 Å². The molecular formula is C25H24F3N3O3. The maximum atomic E-state index is 14.1. The van der Waals surface area contributed by atoms with Crippen LogP contribution < -0.4 is 15.6 Å². The van der Waals surface area contributed by atoms with E-state index in [1.165, 1.54) is 42.0 Å². The van der Waals surface area contributed by atoms with E-state index in [0.717, 1.165) is 6.07 Å². The molecule has 0 bridgehead atoms. The molecule has 0 aliphatic carbocycles. The van der Waals surface area contributed by atoms with Crippen LogP contribution in [0.3, 0.4) is 0 Å². The summed E-state index contributed by atoms with van der Waals surface area (Å²) in [6.07, 6.45) is 0.345. The van der Waals surface area contributed by atoms with Crippen LogP contribution in [0.15, 0.2) is 53.3 Å². The highest BCUT2D eigenvalue weighted by Crippen LogP contribution is 2.24. The van der Waals surface area contributed by atoms with Crippen molar-refractivity contribution in [1.29, 1.82) is 0 Å². The van der Waals surface area contributed by atoms with E-state index in [4.69, 9.17) is 4.74 Å². The summed E-state index contributed by atoms with van der Waals surface area (Å²) in [6, 6.07) is 10.6. The Hall–Kier alpha value is -3.59. The van der Waals surface area contributed by atoms with E-state index in [0.29, 0.717) is 42.9 Å². The fourth-order valence-electron chi connectivity index (χ4n) is 4.17. The molecule has 1 aliphatic rings. The van der Waals surface area contributed by atoms with Crippen molar-refractivity contribution in [3.63, 3.8) is 0 Å². The SMILES string of the molecule is COc1cc(=O)n2c(c1C(=O)NCc1cccc(F)c1)CCN(Cc1ccc(F)cc1F)CC2. The van der Waals surface area contributed by atoms with Crippen molar-refractivity contribution in [2.45, 2.75) is 26.1 Å². The minimum absolute atomic E-state index is 0.105. The van der Waals surface area contributed by atoms with Crippen molar-refractivity contribution < 1.29 is 22.7 Å². The maximum Gasteiger partial charge on any atom is 0.257 e. The Kier molecular flexibility index (Phi) is 7.02. The molecule has 0 saturated heterocycles. The number of hydrogen-bond donors (Lipinski definition) is 1. The molecule has 0 unspecified atom stereocenters. The lowest BCUT2D eigenvalue weighted by Crippen LogP contribution is -2.31. The average molecular weight is 471 g/mol. The molecule has 34 heavy (non-hydrogen) atoms. The van der Waals surface area contributed by atoms with E-state index < -0.39 is 23.4 Å². The van der Waals surface area contributed by atoms with Crippen LogP contribution in [0.2, 0.25) is 0 Å². The van der Waals surface area contributed by atoms with Crippen molar-refractivity contribution >= 4 is 5.91 Å². The molecule has 0 atom stereocenters. The topological polar surface area (TPSA) is 63.6 Å². The molecular weight excluding hydrogens is 447 g/mol. The number of ether oxygens (including phenoxy) is 1. The van der Waals surface area contributed by atoms with Gasteiger partial charge in [-0.15, -0.1) is 0 Å². The molecule has 4 rings (SSSR count). The summed E-state index contributed by atoms with van der Waals surface area (Å²) in [5.41, 5.74) is 1.41. The molecule has 1 N–H and O–H groups in total. The number of halogens is 3. The van der Waals surface area contributed by atoms with Gasteiger partial charge in [-0.2, -0.15) is 0 Å². The quantitative estimate of drug-likeness (QED) is 0.600. The molecule has 0 spiro atoms. The van der Waals surface area contributed by atoms with Gasteiger partial charge in [0, 0.05) is 62.5 Å². The molecule has 2 heterocycles. The van der Waals surface area contributed by atoms with Gasteiger partial charge in [0.05, 0.1) is 7.11 Å². The Morgan fingerprint density at radius 2 is 1.82 bits per heavy atom. The van der Waals surface area contributed by atoms with E-state index in [2.05, 4.69) is 5.32 Å². The maximum absolute atomic E-state index is 14.1. The summed E-state index contributed by atoms with van der Waals surface area (Å²) in [4.78, 5) is 27.8. The van der Waals surface area contributed by atoms with Gasteiger partial charge in [-0.1, -0.05) is 18.2 Å². The number of pyridine rings is 1. The minimum Gasteiger partial charge on any atom is -0.496 e. The highest BCUT2D eigenvalue weighted by Gasteiger charge is 2.25. The number of nitrogens with zero attached hydrogens (tertiary/aromatic N) is 2. The van der Waals surface area contributed by atoms with Gasteiger partial charge in [-0.05, 0) is 23.8 Å². The zero-order chi connectivity index (χ0) is 24.2. The third-order valence-corrected chi connectivity index (χ3v) is 5.88. The highest BCUT2D eigenvalue weighted by molar-refractivity contribution is 5.98. The fourth-order valence-corrected chi connectivity index (χ4v) is 4.17. The number of carbonyl (C=O) groups is 1. The van der Waals surface area contributed by atoms with Crippen molar-refractivity contribution in [2.75, 3.05) is 20.2 Å². The van der Waals surface area contributed by atoms with Gasteiger partial charge < -0.3 is 14.6 Å². The van der Waals surface area contributed by atoms with Crippen LogP contribution >= 0.6 is 0 Å². The van der Waals surface area contributed by atoms with Crippen molar-refractivity contribution in [3.8, 4) is 5.75 Å². The zero-order valence-corrected chi connectivity index (χ0v) is 18.6. The van der Waals surface area contributed by atoms with Gasteiger partial charge in [0.2, 0.25) is 0 Å². The Morgan fingerprint density at radius 3 is 2.56 bits per heavy atom. The summed E-state index contributed by atoms with van der Waals surface area (Å²) < 4.78 is 47.7. The Morgan fingerprint density at radius 1 is 1.03 bits per heavy atom. The number of rotatable bonds is 6. The van der Waals surface area contributed by atoms with Crippen LogP contribution in [0.4, 0.5) is 13.2 Å². The third-order valence-electron chi connectivity index (χ3n) is 5.88. The molecule has 6 nitrogen and oxygen atoms in total. The predicted octanol–water partition coefficient (Wildman–Crippen LogP) is 3.26. The van der Waals surface area contributed by atoms with Crippen LogP contribution in [0, 0.1) is 17.5 Å². The summed E-state index contributed by atoms with van der Waals surface area (Å²) in [5.74, 6) is -1.95. The second kappa shape index (κ2) is 10.1. The van der Waals surface area contributed by atoms with Crippen molar-refractivity contribution in [2.24, 2.45) is 0 Å². The summed E-state index contributed by atoms with van der Waals surface area (Å²) in [6.45, 7) is 1.54. The number of methoxy groups -OCH3 is 1. The molecule has 0 saturated carbocycles. The molecule has 3 aromatic rings. The lowest BCUT2D eigenvalue weighted by atomic mass is 10.1. The van der Waals surface area contributed by atoms with Crippen molar-refractivity contribution in [1.82, 2.24) is 14.8 Å². The smallest absolute Gasteiger partial charge is 0.257 e. The number of amides is 1. The molecule has 1 aromatic heterocycles. The first-order valence-corrected chi connectivity index (χ1v) is 10.9. The lowest BCUT2D eigenvalue weighted by molar-refractivity contribution is 0.0945. The fraction of sp³-hybridized carbons (Fsp3) is 0.280. The molecule has 9 heteroatoms. The summed E-state index contributed by atoms with van der Waals surface area (Å²) in [7, 11) is 1.38. The average Bonchev–Trinajstić information content (AvgIpc) is 3.02. The van der Waals surface area contributed by atoms with Gasteiger partial charge >= 0.3 is 0 Å². The van der Waals surface area contributed by atoms with Crippen LogP contribution in [0.5, 0.6) is 5.75 Å². The van der Waals surface area contributed by atoms with E-state index in [-0.39, 0.29) is 30.0 Å². The van der Waals surface area contributed by atoms with Crippen molar-refractivity contribution in [3.05, 3.63) is 98.7 Å². The number of nitrogens with one attached hydrogen (secondary N) is 1. The first-order valence-electron chi connectivity index (χ1n) is 10.9. The monoisotopic (exact) mass is 471 g/mol. The Balaban J connectivity index is 1.57. The molecule has 2 aromatic carbocycles. The van der Waals surface area contributed by atoms with Gasteiger partial charge in [-0.25, -0.2) is 13.2 Å². The highest BCUT2D eigenvalue weighted by atomic mass is 19.1. The van der Waals surface area contributed by atoms with E-state index in [1.54, 1.807) is 12.1 Å². The molecule has 0 radical (unpaired) electrons. The molecule has 1 amide bonds. The van der Waals surface area contributed by atoms with E-state index in [9.17, 15) is 22.8 Å². The first kappa shape index (κ1) is 23.6. The standard InChI is InChI=1S/C25H24F3N3O3/c1-34-22-13-23(32)31-10-9-30(15-17-5-6-19(27)12-20(17)28)8-7-21(31)24(22)25(33)29-14-16-3-2-4-18(26)11-16/h2-6,11-13H,7-10,14-15H2,1H3,(H,29,33). The normalized spacial score (nSPS) is 13.8. The number of benzene rings is 2. The van der Waals surface area contributed by atoms with Crippen LogP contribution in [-0.2, 0) is 26.1 Å². The number of hydrogen-bond acceptors (Lipinski definition) is 4. The third kappa shape index (κ3) is 5.14. The van der Waals surface area contributed by atoms with E-state index >= 15 is 0 Å². The van der Waals surface area contributed by atoms with Gasteiger partial charge in [0.1, 0.15) is 28.8 Å². The number of fused-ring (bicyclic) bond motifs is 1. The summed E-state index contributed by atoms with van der Waals surface area (Å²) in [5, 5.41) is 2.77. The van der Waals surface area contributed by atoms with Gasteiger partial charge in [-0.3, -0.25) is 14.5 Å². The molecule has 1 aliphatic heterocycles. The van der Waals surface area contributed by atoms with Crippen LogP contribution in [-0.4, -0.2) is 35.6 Å². The first-order chi connectivity index (χ1) is 16.4. The Bertz CT molecular complexity index is 1280. The minimum atomic E-state index is -0.642. The van der Waals surface area contributed by atoms with Crippen LogP contribution in [0.25, 0.3) is 0 Å². The van der Waals surface area contributed by atoms with Crippen LogP contribution in [0.1, 0.15) is 27.2 Å². The second-order valence-electron chi connectivity index (χ2n) is 8.10. The van der Waals surface area contributed by atoms with E-state index in [1.807, 2.05) is 4.90 Å². The predicted molar refractivity (Wildman–Crippen MR) is 120 cm³/mol. The number of carbonyl (C=O) groups excluding carboxylic acids is 1. The summed E-state index contributed by atoms with van der Waals surface area (Å²) >= 11 is 0. The molecule has 178 valence electrons. The largest absolute Gasteiger partial charge is 0.496 e. The molecule has 0 fully saturated rings. The second-order valence-corrected chi connectivity index (χ2v) is 8.10.